The average Bonchev–Trinajstić information content (AvgIpc) is 2.92. The Kier molecular flexibility index (Phi) is 4.77. The summed E-state index contributed by atoms with van der Waals surface area (Å²) in [4.78, 5) is 10.8. The van der Waals surface area contributed by atoms with Gasteiger partial charge in [-0.05, 0) is 30.7 Å². The van der Waals surface area contributed by atoms with Crippen molar-refractivity contribution in [1.82, 2.24) is 9.55 Å². The molecule has 1 aliphatic rings. The Morgan fingerprint density at radius 1 is 1.24 bits per heavy atom. The van der Waals surface area contributed by atoms with Crippen molar-refractivity contribution in [1.29, 1.82) is 0 Å². The molecule has 1 aromatic heterocycles. The van der Waals surface area contributed by atoms with Crippen molar-refractivity contribution in [2.45, 2.75) is 32.5 Å². The van der Waals surface area contributed by atoms with Crippen molar-refractivity contribution in [2.75, 3.05) is 4.90 Å². The second kappa shape index (κ2) is 6.71. The second-order valence-corrected chi connectivity index (χ2v) is 6.63. The van der Waals surface area contributed by atoms with Crippen LogP contribution in [0.5, 0.6) is 0 Å². The molecule has 0 saturated carbocycles. The number of imidazole rings is 1. The molecule has 0 fully saturated rings. The van der Waals surface area contributed by atoms with Gasteiger partial charge in [-0.2, -0.15) is 13.2 Å². The van der Waals surface area contributed by atoms with Crippen LogP contribution in [0.3, 0.4) is 0 Å². The Hall–Kier alpha value is -2.02. The first kappa shape index (κ1) is 17.8. The number of alkyl halides is 3. The maximum atomic E-state index is 12.8. The highest BCUT2D eigenvalue weighted by Crippen LogP contribution is 2.33. The van der Waals surface area contributed by atoms with Gasteiger partial charge in [0.25, 0.3) is 0 Å². The zero-order chi connectivity index (χ0) is 18.2. The third-order valence-electron chi connectivity index (χ3n) is 4.33. The fraction of sp³-hybridized carbons (Fsp3) is 0.412. The van der Waals surface area contributed by atoms with Crippen molar-refractivity contribution in [3.8, 4) is 0 Å². The van der Waals surface area contributed by atoms with E-state index in [0.717, 1.165) is 11.4 Å². The van der Waals surface area contributed by atoms with Crippen LogP contribution in [0, 0.1) is 5.92 Å². The topological polar surface area (TPSA) is 33.4 Å². The predicted molar refractivity (Wildman–Crippen MR) is 92.4 cm³/mol. The summed E-state index contributed by atoms with van der Waals surface area (Å²) in [5.41, 5.74) is 1.63. The third-order valence-corrected chi connectivity index (χ3v) is 4.58. The van der Waals surface area contributed by atoms with E-state index in [2.05, 4.69) is 9.98 Å². The van der Waals surface area contributed by atoms with Gasteiger partial charge in [-0.25, -0.2) is 9.98 Å². The first-order valence-corrected chi connectivity index (χ1v) is 8.31. The Balaban J connectivity index is 1.89. The molecule has 0 bridgehead atoms. The first-order valence-electron chi connectivity index (χ1n) is 7.93. The summed E-state index contributed by atoms with van der Waals surface area (Å²) in [5.74, 6) is -0.0791. The number of rotatable bonds is 4. The van der Waals surface area contributed by atoms with Gasteiger partial charge in [0.05, 0.1) is 18.8 Å². The number of hydrogen-bond donors (Lipinski definition) is 0. The number of aliphatic imine (C=N–C) groups is 1. The quantitative estimate of drug-likeness (QED) is 0.750. The molecular weight excluding hydrogens is 353 g/mol. The molecule has 1 aliphatic heterocycles. The van der Waals surface area contributed by atoms with Crippen LogP contribution in [0.15, 0.2) is 35.6 Å². The number of fused-ring (bicyclic) bond motifs is 1. The number of amidine groups is 1. The molecule has 1 atom stereocenters. The van der Waals surface area contributed by atoms with Crippen LogP contribution in [0.1, 0.15) is 25.5 Å². The van der Waals surface area contributed by atoms with Gasteiger partial charge in [-0.3, -0.25) is 0 Å². The highest BCUT2D eigenvalue weighted by molar-refractivity contribution is 6.30. The van der Waals surface area contributed by atoms with Gasteiger partial charge < -0.3 is 9.47 Å². The molecule has 3 rings (SSSR count). The summed E-state index contributed by atoms with van der Waals surface area (Å²) < 4.78 is 40.3. The lowest BCUT2D eigenvalue weighted by atomic mass is 10.0. The Bertz CT molecular complexity index is 780. The summed E-state index contributed by atoms with van der Waals surface area (Å²) in [7, 11) is 1.82. The Labute approximate surface area is 148 Å². The monoisotopic (exact) mass is 370 g/mol. The number of benzene rings is 1. The van der Waals surface area contributed by atoms with E-state index < -0.39 is 12.1 Å². The average molecular weight is 371 g/mol. The summed E-state index contributed by atoms with van der Waals surface area (Å²) in [6.07, 6.45) is -2.32. The van der Waals surface area contributed by atoms with Gasteiger partial charge in [0, 0.05) is 24.2 Å². The third kappa shape index (κ3) is 3.81. The van der Waals surface area contributed by atoms with Crippen molar-refractivity contribution in [3.63, 3.8) is 0 Å². The van der Waals surface area contributed by atoms with E-state index in [1.807, 2.05) is 24.1 Å². The zero-order valence-electron chi connectivity index (χ0n) is 13.9. The van der Waals surface area contributed by atoms with Crippen LogP contribution in [0.2, 0.25) is 5.02 Å². The van der Waals surface area contributed by atoms with E-state index in [4.69, 9.17) is 11.6 Å². The van der Waals surface area contributed by atoms with Gasteiger partial charge in [0.2, 0.25) is 0 Å². The van der Waals surface area contributed by atoms with E-state index in [1.165, 1.54) is 6.92 Å². The largest absolute Gasteiger partial charge is 0.391 e. The molecule has 4 nitrogen and oxygen atoms in total. The molecule has 0 N–H and O–H groups in total. The van der Waals surface area contributed by atoms with Gasteiger partial charge in [0.1, 0.15) is 11.5 Å². The van der Waals surface area contributed by atoms with E-state index in [-0.39, 0.29) is 12.8 Å². The van der Waals surface area contributed by atoms with Crippen LogP contribution < -0.4 is 4.90 Å². The lowest BCUT2D eigenvalue weighted by Gasteiger charge is -2.30. The molecule has 0 spiro atoms. The molecule has 0 saturated heterocycles. The van der Waals surface area contributed by atoms with Crippen molar-refractivity contribution in [3.05, 3.63) is 41.3 Å². The van der Waals surface area contributed by atoms with Crippen molar-refractivity contribution in [2.24, 2.45) is 18.0 Å². The van der Waals surface area contributed by atoms with E-state index in [9.17, 15) is 13.2 Å². The molecule has 0 radical (unpaired) electrons. The van der Waals surface area contributed by atoms with Crippen LogP contribution in [0.25, 0.3) is 0 Å². The number of nitrogens with zero attached hydrogens (tertiary/aromatic N) is 4. The molecule has 0 amide bonds. The normalized spacial score (nSPS) is 15.8. The molecular formula is C17H18ClF3N4. The van der Waals surface area contributed by atoms with Crippen molar-refractivity contribution >= 4 is 28.9 Å². The van der Waals surface area contributed by atoms with Crippen LogP contribution in [-0.2, 0) is 13.6 Å². The number of halogens is 4. The summed E-state index contributed by atoms with van der Waals surface area (Å²) in [5, 5.41) is 0.600. The molecule has 2 heterocycles. The van der Waals surface area contributed by atoms with E-state index in [1.54, 1.807) is 23.0 Å². The van der Waals surface area contributed by atoms with Gasteiger partial charge in [-0.15, -0.1) is 0 Å². The van der Waals surface area contributed by atoms with E-state index in [0.29, 0.717) is 23.2 Å². The van der Waals surface area contributed by atoms with Gasteiger partial charge in [0.15, 0.2) is 5.82 Å². The number of aryl methyl sites for hydroxylation is 1. The number of hydrogen-bond acceptors (Lipinski definition) is 3. The predicted octanol–water partition coefficient (Wildman–Crippen LogP) is 5.10. The molecule has 0 aliphatic carbocycles. The lowest BCUT2D eigenvalue weighted by molar-refractivity contribution is -0.170. The second-order valence-electron chi connectivity index (χ2n) is 6.20. The van der Waals surface area contributed by atoms with Gasteiger partial charge in [-0.1, -0.05) is 18.5 Å². The molecule has 8 heteroatoms. The minimum absolute atomic E-state index is 0.0143. The maximum absolute atomic E-state index is 12.8. The molecule has 25 heavy (non-hydrogen) atoms. The smallest absolute Gasteiger partial charge is 0.324 e. The molecule has 1 unspecified atom stereocenters. The zero-order valence-corrected chi connectivity index (χ0v) is 14.6. The maximum Gasteiger partial charge on any atom is 0.391 e. The molecule has 2 aromatic rings. The standard InChI is InChI=1S/C17H18ClF3N4/c1-11(17(19,20)21)3-8-15-23-16-14(22-10-24(16)2)9-25(15)13-6-4-12(18)5-7-13/h4-7,10-11H,3,8-9H2,1-2H3. The SMILES string of the molecule is CC(CCC1=Nc2c(ncn2C)CN1c1ccc(Cl)cc1)C(F)(F)F. The first-order chi connectivity index (χ1) is 11.8. The molecule has 134 valence electrons. The minimum atomic E-state index is -4.20. The fourth-order valence-electron chi connectivity index (χ4n) is 2.71. The Morgan fingerprint density at radius 2 is 1.92 bits per heavy atom. The summed E-state index contributed by atoms with van der Waals surface area (Å²) in [6, 6.07) is 7.17. The van der Waals surface area contributed by atoms with Crippen molar-refractivity contribution < 1.29 is 13.2 Å². The van der Waals surface area contributed by atoms with Crippen LogP contribution in [0.4, 0.5) is 24.7 Å². The highest BCUT2D eigenvalue weighted by Gasteiger charge is 2.36. The van der Waals surface area contributed by atoms with Crippen LogP contribution >= 0.6 is 11.6 Å². The minimum Gasteiger partial charge on any atom is -0.324 e. The Morgan fingerprint density at radius 3 is 2.56 bits per heavy atom. The summed E-state index contributed by atoms with van der Waals surface area (Å²) in [6.45, 7) is 1.67. The number of aromatic nitrogens is 2. The lowest BCUT2D eigenvalue weighted by Crippen LogP contribution is -2.34. The van der Waals surface area contributed by atoms with E-state index >= 15 is 0 Å². The molecule has 1 aromatic carbocycles. The van der Waals surface area contributed by atoms with Gasteiger partial charge >= 0.3 is 6.18 Å². The highest BCUT2D eigenvalue weighted by atomic mass is 35.5. The summed E-state index contributed by atoms with van der Waals surface area (Å²) >= 11 is 5.93. The number of anilines is 1. The van der Waals surface area contributed by atoms with Crippen LogP contribution in [-0.4, -0.2) is 21.6 Å². The fourth-order valence-corrected chi connectivity index (χ4v) is 2.84.